The average Bonchev–Trinajstić information content (AvgIpc) is 2.27. The summed E-state index contributed by atoms with van der Waals surface area (Å²) in [5, 5.41) is 0. The number of hydrogen-bond donors (Lipinski definition) is 0. The van der Waals surface area contributed by atoms with E-state index in [0.717, 1.165) is 0 Å². The van der Waals surface area contributed by atoms with Crippen LogP contribution in [-0.2, 0) is 28.9 Å². The minimum Gasteiger partial charge on any atom is -0.464 e. The highest BCUT2D eigenvalue weighted by Crippen LogP contribution is 1.99. The van der Waals surface area contributed by atoms with Gasteiger partial charge in [0, 0.05) is 0 Å². The Morgan fingerprint density at radius 3 is 1.42 bits per heavy atom. The molecule has 6 nitrogen and oxygen atoms in total. The SMILES string of the molecule is CC(C)C(=O)OCCS(=O)(=O)CCOC(=O)C(C)C. The molecule has 0 aromatic rings. The molecule has 0 atom stereocenters. The minimum absolute atomic E-state index is 0.169. The van der Waals surface area contributed by atoms with Gasteiger partial charge < -0.3 is 9.47 Å². The van der Waals surface area contributed by atoms with Crippen molar-refractivity contribution in [1.82, 2.24) is 0 Å². The summed E-state index contributed by atoms with van der Waals surface area (Å²) in [7, 11) is -3.38. The first kappa shape index (κ1) is 17.9. The number of rotatable bonds is 8. The van der Waals surface area contributed by atoms with Gasteiger partial charge in [-0.05, 0) is 0 Å². The third-order valence-corrected chi connectivity index (χ3v) is 3.80. The molecule has 112 valence electrons. The lowest BCUT2D eigenvalue weighted by atomic mass is 10.2. The van der Waals surface area contributed by atoms with Crippen LogP contribution in [0, 0.1) is 11.8 Å². The van der Waals surface area contributed by atoms with Crippen molar-refractivity contribution >= 4 is 21.8 Å². The van der Waals surface area contributed by atoms with Crippen LogP contribution in [-0.4, -0.2) is 45.1 Å². The summed E-state index contributed by atoms with van der Waals surface area (Å²) in [4.78, 5) is 22.2. The van der Waals surface area contributed by atoms with Gasteiger partial charge in [0.15, 0.2) is 9.84 Å². The molecule has 0 amide bonds. The van der Waals surface area contributed by atoms with Crippen molar-refractivity contribution in [3.05, 3.63) is 0 Å². The molecule has 0 aliphatic heterocycles. The standard InChI is InChI=1S/C12H22O6S/c1-9(2)11(13)17-5-7-19(15,16)8-6-18-12(14)10(3)4/h9-10H,5-8H2,1-4H3. The van der Waals surface area contributed by atoms with E-state index in [4.69, 9.17) is 9.47 Å². The molecule has 0 aliphatic carbocycles. The number of sulfone groups is 1. The molecule has 0 N–H and O–H groups in total. The topological polar surface area (TPSA) is 86.7 Å². The van der Waals surface area contributed by atoms with E-state index in [1.54, 1.807) is 27.7 Å². The van der Waals surface area contributed by atoms with E-state index in [2.05, 4.69) is 0 Å². The van der Waals surface area contributed by atoms with Crippen LogP contribution in [0.3, 0.4) is 0 Å². The second-order valence-corrected chi connectivity index (χ2v) is 7.10. The van der Waals surface area contributed by atoms with E-state index in [-0.39, 0.29) is 36.6 Å². The first-order valence-electron chi connectivity index (χ1n) is 6.19. The van der Waals surface area contributed by atoms with Gasteiger partial charge in [0.05, 0.1) is 23.3 Å². The van der Waals surface area contributed by atoms with Crippen LogP contribution >= 0.6 is 0 Å². The predicted octanol–water partition coefficient (Wildman–Crippen LogP) is 0.800. The van der Waals surface area contributed by atoms with Crippen molar-refractivity contribution in [3.8, 4) is 0 Å². The van der Waals surface area contributed by atoms with E-state index in [0.29, 0.717) is 0 Å². The maximum atomic E-state index is 11.6. The Kier molecular flexibility index (Phi) is 7.66. The van der Waals surface area contributed by atoms with Gasteiger partial charge in [-0.15, -0.1) is 0 Å². The summed E-state index contributed by atoms with van der Waals surface area (Å²) >= 11 is 0. The van der Waals surface area contributed by atoms with Crippen molar-refractivity contribution in [2.45, 2.75) is 27.7 Å². The van der Waals surface area contributed by atoms with Gasteiger partial charge in [0.2, 0.25) is 0 Å². The number of ether oxygens (including phenoxy) is 2. The number of carbonyl (C=O) groups is 2. The van der Waals surface area contributed by atoms with E-state index in [1.165, 1.54) is 0 Å². The Hall–Kier alpha value is -1.11. The van der Waals surface area contributed by atoms with Crippen LogP contribution in [0.4, 0.5) is 0 Å². The monoisotopic (exact) mass is 294 g/mol. The van der Waals surface area contributed by atoms with Gasteiger partial charge >= 0.3 is 11.9 Å². The molecule has 0 fully saturated rings. The third-order valence-electron chi connectivity index (χ3n) is 2.22. The summed E-state index contributed by atoms with van der Waals surface area (Å²) in [6.07, 6.45) is 0. The largest absolute Gasteiger partial charge is 0.464 e. The summed E-state index contributed by atoms with van der Waals surface area (Å²) in [5.74, 6) is -1.94. The lowest BCUT2D eigenvalue weighted by Gasteiger charge is -2.09. The van der Waals surface area contributed by atoms with Crippen molar-refractivity contribution in [1.29, 1.82) is 0 Å². The Bertz CT molecular complexity index is 364. The maximum absolute atomic E-state index is 11.6. The summed E-state index contributed by atoms with van der Waals surface area (Å²) in [5.41, 5.74) is 0. The highest BCUT2D eigenvalue weighted by Gasteiger charge is 2.15. The van der Waals surface area contributed by atoms with Gasteiger partial charge in [-0.1, -0.05) is 27.7 Å². The number of carbonyl (C=O) groups excluding carboxylic acids is 2. The molecule has 0 heterocycles. The number of esters is 2. The van der Waals surface area contributed by atoms with Crippen LogP contribution in [0.1, 0.15) is 27.7 Å². The van der Waals surface area contributed by atoms with Crippen molar-refractivity contribution in [3.63, 3.8) is 0 Å². The summed E-state index contributed by atoms with van der Waals surface area (Å²) in [6.45, 7) is 6.34. The van der Waals surface area contributed by atoms with Crippen LogP contribution in [0.5, 0.6) is 0 Å². The Morgan fingerprint density at radius 2 is 1.16 bits per heavy atom. The van der Waals surface area contributed by atoms with E-state index >= 15 is 0 Å². The molecule has 0 saturated carbocycles. The molecule has 0 radical (unpaired) electrons. The van der Waals surface area contributed by atoms with Gasteiger partial charge in [0.1, 0.15) is 13.2 Å². The zero-order chi connectivity index (χ0) is 15.1. The fourth-order valence-corrected chi connectivity index (χ4v) is 1.85. The van der Waals surface area contributed by atoms with Crippen LogP contribution in [0.15, 0.2) is 0 Å². The van der Waals surface area contributed by atoms with Crippen LogP contribution < -0.4 is 0 Å². The second kappa shape index (κ2) is 8.14. The van der Waals surface area contributed by atoms with Gasteiger partial charge in [-0.2, -0.15) is 0 Å². The molecular weight excluding hydrogens is 272 g/mol. The Labute approximate surface area is 114 Å². The maximum Gasteiger partial charge on any atom is 0.308 e. The van der Waals surface area contributed by atoms with E-state index in [9.17, 15) is 18.0 Å². The Balaban J connectivity index is 3.94. The lowest BCUT2D eigenvalue weighted by molar-refractivity contribution is -0.147. The zero-order valence-electron chi connectivity index (χ0n) is 11.8. The molecule has 19 heavy (non-hydrogen) atoms. The molecule has 0 aromatic heterocycles. The minimum atomic E-state index is -3.38. The number of hydrogen-bond acceptors (Lipinski definition) is 6. The fraction of sp³-hybridized carbons (Fsp3) is 0.833. The van der Waals surface area contributed by atoms with Gasteiger partial charge in [-0.3, -0.25) is 9.59 Å². The molecule has 0 unspecified atom stereocenters. The van der Waals surface area contributed by atoms with Crippen molar-refractivity contribution in [2.24, 2.45) is 11.8 Å². The molecule has 0 bridgehead atoms. The third kappa shape index (κ3) is 8.58. The van der Waals surface area contributed by atoms with E-state index < -0.39 is 21.8 Å². The molecule has 0 spiro atoms. The zero-order valence-corrected chi connectivity index (χ0v) is 12.7. The summed E-state index contributed by atoms with van der Waals surface area (Å²) in [6, 6.07) is 0. The first-order valence-corrected chi connectivity index (χ1v) is 8.01. The molecule has 0 saturated heterocycles. The van der Waals surface area contributed by atoms with Gasteiger partial charge in [0.25, 0.3) is 0 Å². The van der Waals surface area contributed by atoms with Crippen LogP contribution in [0.25, 0.3) is 0 Å². The molecular formula is C12H22O6S. The second-order valence-electron chi connectivity index (χ2n) is 4.80. The molecule has 0 rings (SSSR count). The molecule has 0 aliphatic rings. The molecule has 0 aromatic carbocycles. The quantitative estimate of drug-likeness (QED) is 0.615. The highest BCUT2D eigenvalue weighted by atomic mass is 32.2. The van der Waals surface area contributed by atoms with Gasteiger partial charge in [-0.25, -0.2) is 8.42 Å². The van der Waals surface area contributed by atoms with Crippen molar-refractivity contribution in [2.75, 3.05) is 24.7 Å². The first-order chi connectivity index (χ1) is 8.65. The average molecular weight is 294 g/mol. The molecule has 7 heteroatoms. The fourth-order valence-electron chi connectivity index (χ4n) is 0.974. The van der Waals surface area contributed by atoms with E-state index in [1.807, 2.05) is 0 Å². The lowest BCUT2D eigenvalue weighted by Crippen LogP contribution is -2.23. The predicted molar refractivity (Wildman–Crippen MR) is 70.2 cm³/mol. The summed E-state index contributed by atoms with van der Waals surface area (Å²) < 4.78 is 32.7. The Morgan fingerprint density at radius 1 is 0.842 bits per heavy atom. The van der Waals surface area contributed by atoms with Crippen LogP contribution in [0.2, 0.25) is 0 Å². The smallest absolute Gasteiger partial charge is 0.308 e. The highest BCUT2D eigenvalue weighted by molar-refractivity contribution is 7.91. The normalized spacial score (nSPS) is 11.7. The van der Waals surface area contributed by atoms with Crippen molar-refractivity contribution < 1.29 is 27.5 Å².